The van der Waals surface area contributed by atoms with Gasteiger partial charge in [-0.25, -0.2) is 4.98 Å². The van der Waals surface area contributed by atoms with Crippen molar-refractivity contribution in [3.63, 3.8) is 0 Å². The summed E-state index contributed by atoms with van der Waals surface area (Å²) in [7, 11) is 0. The normalized spacial score (nSPS) is 10.9. The van der Waals surface area contributed by atoms with Crippen LogP contribution in [0.1, 0.15) is 31.3 Å². The number of halogens is 1. The van der Waals surface area contributed by atoms with Crippen LogP contribution in [0.5, 0.6) is 0 Å². The summed E-state index contributed by atoms with van der Waals surface area (Å²) in [5.41, 5.74) is 2.52. The van der Waals surface area contributed by atoms with Gasteiger partial charge in [-0.05, 0) is 32.0 Å². The Morgan fingerprint density at radius 3 is 2.81 bits per heavy atom. The van der Waals surface area contributed by atoms with Crippen LogP contribution < -0.4 is 0 Å². The monoisotopic (exact) mass is 233 g/mol. The summed E-state index contributed by atoms with van der Waals surface area (Å²) in [6, 6.07) is 7.92. The predicted octanol–water partition coefficient (Wildman–Crippen LogP) is 3.23. The van der Waals surface area contributed by atoms with Gasteiger partial charge >= 0.3 is 0 Å². The maximum atomic E-state index is 8.88. The van der Waals surface area contributed by atoms with Crippen molar-refractivity contribution in [1.29, 1.82) is 5.26 Å². The van der Waals surface area contributed by atoms with Crippen molar-refractivity contribution in [2.45, 2.75) is 25.8 Å². The van der Waals surface area contributed by atoms with Crippen LogP contribution in [0.15, 0.2) is 18.2 Å². The Morgan fingerprint density at radius 1 is 1.50 bits per heavy atom. The molecule has 0 aliphatic heterocycles. The van der Waals surface area contributed by atoms with E-state index in [2.05, 4.69) is 29.5 Å². The van der Waals surface area contributed by atoms with Crippen LogP contribution in [-0.2, 0) is 5.88 Å². The summed E-state index contributed by atoms with van der Waals surface area (Å²) < 4.78 is 2.07. The first-order valence-corrected chi connectivity index (χ1v) is 5.67. The van der Waals surface area contributed by atoms with Crippen LogP contribution in [-0.4, -0.2) is 9.55 Å². The van der Waals surface area contributed by atoms with E-state index in [0.29, 0.717) is 11.4 Å². The molecule has 0 unspecified atom stereocenters. The summed E-state index contributed by atoms with van der Waals surface area (Å²) in [6.07, 6.45) is 0. The molecule has 0 bridgehead atoms. The molecule has 1 heterocycles. The maximum absolute atomic E-state index is 8.88. The van der Waals surface area contributed by atoms with Gasteiger partial charge in [-0.2, -0.15) is 5.26 Å². The minimum Gasteiger partial charge on any atom is -0.324 e. The molecule has 2 aromatic rings. The second-order valence-electron chi connectivity index (χ2n) is 3.94. The zero-order valence-corrected chi connectivity index (χ0v) is 9.99. The van der Waals surface area contributed by atoms with Crippen molar-refractivity contribution in [1.82, 2.24) is 9.55 Å². The summed E-state index contributed by atoms with van der Waals surface area (Å²) in [6.45, 7) is 4.16. The van der Waals surface area contributed by atoms with Gasteiger partial charge in [-0.15, -0.1) is 11.6 Å². The van der Waals surface area contributed by atoms with E-state index < -0.39 is 0 Å². The van der Waals surface area contributed by atoms with Gasteiger partial charge < -0.3 is 4.57 Å². The van der Waals surface area contributed by atoms with E-state index in [1.165, 1.54) is 0 Å². The molecular formula is C12H12ClN3. The molecule has 0 saturated heterocycles. The van der Waals surface area contributed by atoms with E-state index in [1.807, 2.05) is 12.1 Å². The highest BCUT2D eigenvalue weighted by molar-refractivity contribution is 6.16. The summed E-state index contributed by atoms with van der Waals surface area (Å²) in [5, 5.41) is 8.88. The van der Waals surface area contributed by atoms with Crippen LogP contribution in [0, 0.1) is 11.3 Å². The Kier molecular flexibility index (Phi) is 2.84. The molecule has 0 fully saturated rings. The molecule has 82 valence electrons. The Hall–Kier alpha value is -1.53. The minimum absolute atomic E-state index is 0.285. The fraction of sp³-hybridized carbons (Fsp3) is 0.333. The van der Waals surface area contributed by atoms with Gasteiger partial charge in [0.15, 0.2) is 0 Å². The van der Waals surface area contributed by atoms with E-state index in [-0.39, 0.29) is 6.04 Å². The van der Waals surface area contributed by atoms with Crippen LogP contribution in [0.2, 0.25) is 0 Å². The van der Waals surface area contributed by atoms with Crippen molar-refractivity contribution in [3.05, 3.63) is 29.6 Å². The third-order valence-corrected chi connectivity index (χ3v) is 2.77. The Bertz CT molecular complexity index is 563. The lowest BCUT2D eigenvalue weighted by Gasteiger charge is -2.11. The molecule has 0 amide bonds. The Labute approximate surface area is 99.3 Å². The van der Waals surface area contributed by atoms with Gasteiger partial charge in [0.25, 0.3) is 0 Å². The molecule has 1 aromatic carbocycles. The van der Waals surface area contributed by atoms with Crippen LogP contribution >= 0.6 is 11.6 Å². The number of benzene rings is 1. The standard InChI is InChI=1S/C12H12ClN3/c1-8(2)16-11-5-9(7-14)3-4-10(11)15-12(16)6-13/h3-5,8H,6H2,1-2H3. The predicted molar refractivity (Wildman–Crippen MR) is 64.4 cm³/mol. The highest BCUT2D eigenvalue weighted by Crippen LogP contribution is 2.23. The van der Waals surface area contributed by atoms with Gasteiger partial charge in [0.05, 0.1) is 28.5 Å². The van der Waals surface area contributed by atoms with E-state index in [1.54, 1.807) is 6.07 Å². The Morgan fingerprint density at radius 2 is 2.25 bits per heavy atom. The highest BCUT2D eigenvalue weighted by atomic mass is 35.5. The molecule has 3 nitrogen and oxygen atoms in total. The minimum atomic E-state index is 0.285. The van der Waals surface area contributed by atoms with Gasteiger partial charge in [0, 0.05) is 6.04 Å². The molecule has 1 aromatic heterocycles. The van der Waals surface area contributed by atoms with E-state index in [4.69, 9.17) is 16.9 Å². The van der Waals surface area contributed by atoms with Crippen molar-refractivity contribution in [2.75, 3.05) is 0 Å². The van der Waals surface area contributed by atoms with E-state index >= 15 is 0 Å². The molecular weight excluding hydrogens is 222 g/mol. The van der Waals surface area contributed by atoms with Crippen LogP contribution in [0.4, 0.5) is 0 Å². The number of hydrogen-bond acceptors (Lipinski definition) is 2. The lowest BCUT2D eigenvalue weighted by Crippen LogP contribution is -2.04. The number of hydrogen-bond donors (Lipinski definition) is 0. The quantitative estimate of drug-likeness (QED) is 0.748. The molecule has 0 atom stereocenters. The third-order valence-electron chi connectivity index (χ3n) is 2.53. The second kappa shape index (κ2) is 4.15. The van der Waals surface area contributed by atoms with Gasteiger partial charge in [-0.3, -0.25) is 0 Å². The largest absolute Gasteiger partial charge is 0.324 e. The lowest BCUT2D eigenvalue weighted by molar-refractivity contribution is 0.597. The highest BCUT2D eigenvalue weighted by Gasteiger charge is 2.12. The molecule has 0 radical (unpaired) electrons. The fourth-order valence-corrected chi connectivity index (χ4v) is 2.07. The summed E-state index contributed by atoms with van der Waals surface area (Å²) in [4.78, 5) is 4.45. The number of imidazole rings is 1. The Balaban J connectivity index is 2.77. The molecule has 0 saturated carbocycles. The molecule has 16 heavy (non-hydrogen) atoms. The number of nitriles is 1. The third kappa shape index (κ3) is 1.66. The smallest absolute Gasteiger partial charge is 0.125 e. The van der Waals surface area contributed by atoms with Crippen molar-refractivity contribution < 1.29 is 0 Å². The number of alkyl halides is 1. The molecule has 0 N–H and O–H groups in total. The lowest BCUT2D eigenvalue weighted by atomic mass is 10.2. The topological polar surface area (TPSA) is 41.6 Å². The van der Waals surface area contributed by atoms with Crippen LogP contribution in [0.3, 0.4) is 0 Å². The molecule has 4 heteroatoms. The van der Waals surface area contributed by atoms with E-state index in [0.717, 1.165) is 16.9 Å². The SMILES string of the molecule is CC(C)n1c(CCl)nc2ccc(C#N)cc21. The first-order chi connectivity index (χ1) is 7.67. The number of rotatable bonds is 2. The molecule has 0 aliphatic carbocycles. The molecule has 2 rings (SSSR count). The average molecular weight is 234 g/mol. The number of fused-ring (bicyclic) bond motifs is 1. The first kappa shape index (κ1) is 11.0. The van der Waals surface area contributed by atoms with Crippen LogP contribution in [0.25, 0.3) is 11.0 Å². The molecule has 0 aliphatic rings. The maximum Gasteiger partial charge on any atom is 0.125 e. The second-order valence-corrected chi connectivity index (χ2v) is 4.21. The molecule has 0 spiro atoms. The first-order valence-electron chi connectivity index (χ1n) is 5.14. The van der Waals surface area contributed by atoms with Gasteiger partial charge in [-0.1, -0.05) is 0 Å². The van der Waals surface area contributed by atoms with Crippen molar-refractivity contribution in [2.24, 2.45) is 0 Å². The van der Waals surface area contributed by atoms with Crippen molar-refractivity contribution >= 4 is 22.6 Å². The van der Waals surface area contributed by atoms with Gasteiger partial charge in [0.2, 0.25) is 0 Å². The average Bonchev–Trinajstić information content (AvgIpc) is 2.65. The van der Waals surface area contributed by atoms with Gasteiger partial charge in [0.1, 0.15) is 5.82 Å². The van der Waals surface area contributed by atoms with Crippen molar-refractivity contribution in [3.8, 4) is 6.07 Å². The summed E-state index contributed by atoms with van der Waals surface area (Å²) >= 11 is 5.87. The number of nitrogens with zero attached hydrogens (tertiary/aromatic N) is 3. The fourth-order valence-electron chi connectivity index (χ4n) is 1.88. The number of aromatic nitrogens is 2. The summed E-state index contributed by atoms with van der Waals surface area (Å²) in [5.74, 6) is 1.23. The van der Waals surface area contributed by atoms with E-state index in [9.17, 15) is 0 Å². The zero-order chi connectivity index (χ0) is 11.7. The zero-order valence-electron chi connectivity index (χ0n) is 9.24.